The summed E-state index contributed by atoms with van der Waals surface area (Å²) in [6, 6.07) is 21.5. The second-order valence-corrected chi connectivity index (χ2v) is 8.39. The lowest BCUT2D eigenvalue weighted by Gasteiger charge is -2.11. The van der Waals surface area contributed by atoms with E-state index in [0.717, 1.165) is 22.4 Å². The topological polar surface area (TPSA) is 85.6 Å². The maximum Gasteiger partial charge on any atom is 0.258 e. The van der Waals surface area contributed by atoms with Gasteiger partial charge in [-0.25, -0.2) is 19.6 Å². The Morgan fingerprint density at radius 2 is 1.59 bits per heavy atom. The maximum atomic E-state index is 13.5. The third-order valence-electron chi connectivity index (χ3n) is 5.61. The molecule has 0 aliphatic carbocycles. The van der Waals surface area contributed by atoms with E-state index in [1.165, 1.54) is 0 Å². The van der Waals surface area contributed by atoms with E-state index in [2.05, 4.69) is 20.4 Å². The van der Waals surface area contributed by atoms with Gasteiger partial charge in [0, 0.05) is 23.4 Å². The predicted octanol–water partition coefficient (Wildman–Crippen LogP) is 5.70. The van der Waals surface area contributed by atoms with Crippen molar-refractivity contribution in [3.8, 4) is 22.5 Å². The molecule has 0 bridgehead atoms. The van der Waals surface area contributed by atoms with E-state index in [-0.39, 0.29) is 17.9 Å². The largest absolute Gasteiger partial charge is 0.290 e. The first-order chi connectivity index (χ1) is 16.5. The van der Waals surface area contributed by atoms with Gasteiger partial charge in [0.05, 0.1) is 28.5 Å². The first kappa shape index (κ1) is 21.5. The van der Waals surface area contributed by atoms with Crippen molar-refractivity contribution in [3.63, 3.8) is 0 Å². The molecular formula is C27H24N6O. The summed E-state index contributed by atoms with van der Waals surface area (Å²) in [7, 11) is 0. The number of anilines is 1. The van der Waals surface area contributed by atoms with Crippen molar-refractivity contribution >= 4 is 22.9 Å². The zero-order chi connectivity index (χ0) is 23.7. The van der Waals surface area contributed by atoms with Crippen LogP contribution in [0.4, 0.5) is 5.95 Å². The number of hydrogen-bond donors (Lipinski definition) is 1. The molecule has 168 valence electrons. The number of carbonyl (C=O) groups is 1. The average Bonchev–Trinajstić information content (AvgIpc) is 3.30. The van der Waals surface area contributed by atoms with Crippen molar-refractivity contribution in [2.45, 2.75) is 26.8 Å². The zero-order valence-electron chi connectivity index (χ0n) is 19.2. The number of amides is 1. The number of rotatable bonds is 5. The number of nitrogens with one attached hydrogen (secondary N) is 1. The van der Waals surface area contributed by atoms with E-state index in [4.69, 9.17) is 4.98 Å². The second kappa shape index (κ2) is 8.86. The Bertz CT molecular complexity index is 1480. The average molecular weight is 449 g/mol. The summed E-state index contributed by atoms with van der Waals surface area (Å²) in [6.45, 7) is 6.02. The number of hydrogen-bond acceptors (Lipinski definition) is 5. The highest BCUT2D eigenvalue weighted by Gasteiger charge is 2.20. The molecule has 1 amide bonds. The second-order valence-electron chi connectivity index (χ2n) is 8.39. The van der Waals surface area contributed by atoms with Gasteiger partial charge in [-0.2, -0.15) is 5.10 Å². The molecule has 0 saturated heterocycles. The van der Waals surface area contributed by atoms with Gasteiger partial charge in [0.2, 0.25) is 5.95 Å². The number of carbonyl (C=O) groups excluding carboxylic acids is 1. The fourth-order valence-corrected chi connectivity index (χ4v) is 3.90. The lowest BCUT2D eigenvalue weighted by atomic mass is 10.1. The lowest BCUT2D eigenvalue weighted by Crippen LogP contribution is -2.16. The number of fused-ring (bicyclic) bond motifs is 1. The van der Waals surface area contributed by atoms with Crippen LogP contribution in [0.2, 0.25) is 0 Å². The molecule has 3 aromatic heterocycles. The number of pyridine rings is 1. The SMILES string of the molecule is Cc1cnc(NC(=O)c2cc(-c3ccccc3)nc3c2cnn3C(C)C)nc1-c1ccccc1. The number of aromatic nitrogens is 5. The van der Waals surface area contributed by atoms with Crippen LogP contribution in [-0.2, 0) is 0 Å². The van der Waals surface area contributed by atoms with Crippen LogP contribution in [0.1, 0.15) is 35.8 Å². The maximum absolute atomic E-state index is 13.5. The van der Waals surface area contributed by atoms with Gasteiger partial charge in [-0.05, 0) is 32.4 Å². The summed E-state index contributed by atoms with van der Waals surface area (Å²) >= 11 is 0. The third-order valence-corrected chi connectivity index (χ3v) is 5.61. The minimum Gasteiger partial charge on any atom is -0.290 e. The van der Waals surface area contributed by atoms with Gasteiger partial charge in [-0.3, -0.25) is 10.1 Å². The highest BCUT2D eigenvalue weighted by atomic mass is 16.1. The Kier molecular flexibility index (Phi) is 5.59. The molecule has 0 atom stereocenters. The van der Waals surface area contributed by atoms with Crippen LogP contribution in [-0.4, -0.2) is 30.6 Å². The van der Waals surface area contributed by atoms with Gasteiger partial charge in [0.25, 0.3) is 5.91 Å². The molecule has 0 aliphatic heterocycles. The molecule has 34 heavy (non-hydrogen) atoms. The number of benzene rings is 2. The Balaban J connectivity index is 1.57. The van der Waals surface area contributed by atoms with E-state index in [9.17, 15) is 4.79 Å². The highest BCUT2D eigenvalue weighted by Crippen LogP contribution is 2.27. The van der Waals surface area contributed by atoms with Crippen LogP contribution in [0.5, 0.6) is 0 Å². The van der Waals surface area contributed by atoms with Gasteiger partial charge in [-0.15, -0.1) is 0 Å². The molecule has 5 aromatic rings. The predicted molar refractivity (Wildman–Crippen MR) is 134 cm³/mol. The minimum absolute atomic E-state index is 0.0980. The monoisotopic (exact) mass is 448 g/mol. The van der Waals surface area contributed by atoms with Gasteiger partial charge in [0.15, 0.2) is 5.65 Å². The van der Waals surface area contributed by atoms with Crippen molar-refractivity contribution < 1.29 is 4.79 Å². The van der Waals surface area contributed by atoms with E-state index in [1.807, 2.05) is 86.1 Å². The fraction of sp³-hybridized carbons (Fsp3) is 0.148. The zero-order valence-corrected chi connectivity index (χ0v) is 19.2. The molecule has 1 N–H and O–H groups in total. The summed E-state index contributed by atoms with van der Waals surface area (Å²) in [5.74, 6) is -0.0623. The van der Waals surface area contributed by atoms with E-state index in [0.29, 0.717) is 22.3 Å². The van der Waals surface area contributed by atoms with Crippen LogP contribution >= 0.6 is 0 Å². The standard InChI is InChI=1S/C27H24N6O/c1-17(2)33-25-22(16-29-33)21(14-23(30-25)19-10-6-4-7-11-19)26(34)32-27-28-15-18(3)24(31-27)20-12-8-5-9-13-20/h4-17H,1-3H3,(H,28,31,32,34). The molecular weight excluding hydrogens is 424 g/mol. The summed E-state index contributed by atoms with van der Waals surface area (Å²) in [5.41, 5.74) is 5.44. The summed E-state index contributed by atoms with van der Waals surface area (Å²) < 4.78 is 1.83. The summed E-state index contributed by atoms with van der Waals surface area (Å²) in [6.07, 6.45) is 3.41. The van der Waals surface area contributed by atoms with Crippen LogP contribution < -0.4 is 5.32 Å². The van der Waals surface area contributed by atoms with Gasteiger partial charge in [0.1, 0.15) is 0 Å². The van der Waals surface area contributed by atoms with Gasteiger partial charge >= 0.3 is 0 Å². The van der Waals surface area contributed by atoms with Crippen molar-refractivity contribution in [2.24, 2.45) is 0 Å². The molecule has 0 unspecified atom stereocenters. The Morgan fingerprint density at radius 3 is 2.26 bits per heavy atom. The molecule has 0 aliphatic rings. The molecule has 2 aromatic carbocycles. The first-order valence-electron chi connectivity index (χ1n) is 11.2. The van der Waals surface area contributed by atoms with Crippen molar-refractivity contribution in [1.82, 2.24) is 24.7 Å². The summed E-state index contributed by atoms with van der Waals surface area (Å²) in [4.78, 5) is 27.3. The molecule has 7 nitrogen and oxygen atoms in total. The quantitative estimate of drug-likeness (QED) is 0.373. The van der Waals surface area contributed by atoms with Gasteiger partial charge in [-0.1, -0.05) is 60.7 Å². The lowest BCUT2D eigenvalue weighted by molar-refractivity contribution is 0.102. The molecule has 7 heteroatoms. The van der Waals surface area contributed by atoms with E-state index >= 15 is 0 Å². The molecule has 3 heterocycles. The van der Waals surface area contributed by atoms with Crippen molar-refractivity contribution in [3.05, 3.63) is 90.3 Å². The Labute approximate surface area is 197 Å². The van der Waals surface area contributed by atoms with E-state index in [1.54, 1.807) is 18.5 Å². The molecule has 0 spiro atoms. The Hall–Kier alpha value is -4.39. The van der Waals surface area contributed by atoms with Gasteiger partial charge < -0.3 is 0 Å². The van der Waals surface area contributed by atoms with Crippen LogP contribution in [0.15, 0.2) is 79.1 Å². The normalized spacial score (nSPS) is 11.2. The van der Waals surface area contributed by atoms with Crippen LogP contribution in [0.25, 0.3) is 33.5 Å². The number of nitrogens with zero attached hydrogens (tertiary/aromatic N) is 5. The van der Waals surface area contributed by atoms with Crippen LogP contribution in [0, 0.1) is 6.92 Å². The van der Waals surface area contributed by atoms with Crippen molar-refractivity contribution in [2.75, 3.05) is 5.32 Å². The van der Waals surface area contributed by atoms with E-state index < -0.39 is 0 Å². The molecule has 0 saturated carbocycles. The number of aryl methyl sites for hydroxylation is 1. The molecule has 5 rings (SSSR count). The first-order valence-corrected chi connectivity index (χ1v) is 11.2. The minimum atomic E-state index is -0.309. The van der Waals surface area contributed by atoms with Crippen LogP contribution in [0.3, 0.4) is 0 Å². The fourth-order valence-electron chi connectivity index (χ4n) is 3.90. The molecule has 0 radical (unpaired) electrons. The summed E-state index contributed by atoms with van der Waals surface area (Å²) in [5, 5.41) is 8.05. The van der Waals surface area contributed by atoms with Crippen molar-refractivity contribution in [1.29, 1.82) is 0 Å². The third kappa shape index (κ3) is 4.03. The Morgan fingerprint density at radius 1 is 0.912 bits per heavy atom. The highest BCUT2D eigenvalue weighted by molar-refractivity contribution is 6.12. The smallest absolute Gasteiger partial charge is 0.258 e. The molecule has 0 fully saturated rings.